The summed E-state index contributed by atoms with van der Waals surface area (Å²) >= 11 is 5.96. The van der Waals surface area contributed by atoms with Gasteiger partial charge in [-0.2, -0.15) is 0 Å². The second-order valence-electron chi connectivity index (χ2n) is 4.53. The van der Waals surface area contributed by atoms with Crippen molar-refractivity contribution < 1.29 is 14.4 Å². The summed E-state index contributed by atoms with van der Waals surface area (Å²) in [5, 5.41) is 24.0. The lowest BCUT2D eigenvalue weighted by Gasteiger charge is -2.22. The minimum Gasteiger partial charge on any atom is -0.466 e. The molecule has 0 bridgehead atoms. The minimum atomic E-state index is -1.21. The molecule has 2 N–H and O–H groups in total. The molecule has 0 saturated carbocycles. The van der Waals surface area contributed by atoms with Crippen LogP contribution in [0, 0.1) is 10.1 Å². The van der Waals surface area contributed by atoms with Crippen molar-refractivity contribution in [2.45, 2.75) is 12.5 Å². The molecule has 2 rings (SSSR count). The van der Waals surface area contributed by atoms with E-state index in [1.807, 2.05) is 0 Å². The molecule has 1 aromatic carbocycles. The van der Waals surface area contributed by atoms with Gasteiger partial charge in [-0.25, -0.2) is 0 Å². The normalized spacial score (nSPS) is 13.8. The van der Waals surface area contributed by atoms with E-state index < -0.39 is 10.5 Å². The maximum Gasteiger partial charge on any atom is 0.271 e. The standard InChI is InChI=1S/C13H13ClN2O4/c1-13(17,12-3-2-6-20-12)8-15-11-5-4-9(16(18)19)7-10(11)14/h2-7,15,17H,8H2,1H3. The molecule has 106 valence electrons. The number of hydrogen-bond acceptors (Lipinski definition) is 5. The Balaban J connectivity index is 2.10. The van der Waals surface area contributed by atoms with Crippen molar-refractivity contribution in [2.24, 2.45) is 0 Å². The number of anilines is 1. The monoisotopic (exact) mass is 296 g/mol. The van der Waals surface area contributed by atoms with Crippen LogP contribution in [-0.4, -0.2) is 16.6 Å². The van der Waals surface area contributed by atoms with E-state index in [9.17, 15) is 15.2 Å². The van der Waals surface area contributed by atoms with Gasteiger partial charge in [0.25, 0.3) is 5.69 Å². The molecule has 0 spiro atoms. The molecule has 0 saturated heterocycles. The van der Waals surface area contributed by atoms with Crippen LogP contribution >= 0.6 is 11.6 Å². The molecule has 1 heterocycles. The molecule has 0 fully saturated rings. The number of non-ortho nitro benzene ring substituents is 1. The summed E-state index contributed by atoms with van der Waals surface area (Å²) in [6.45, 7) is 1.75. The fourth-order valence-electron chi connectivity index (χ4n) is 1.70. The predicted molar refractivity (Wildman–Crippen MR) is 74.9 cm³/mol. The Labute approximate surface area is 120 Å². The first-order valence-electron chi connectivity index (χ1n) is 5.84. The Morgan fingerprint density at radius 2 is 2.25 bits per heavy atom. The first-order valence-corrected chi connectivity index (χ1v) is 6.22. The summed E-state index contributed by atoms with van der Waals surface area (Å²) in [6.07, 6.45) is 1.47. The highest BCUT2D eigenvalue weighted by atomic mass is 35.5. The van der Waals surface area contributed by atoms with Crippen LogP contribution in [0.1, 0.15) is 12.7 Å². The van der Waals surface area contributed by atoms with Gasteiger partial charge in [-0.3, -0.25) is 10.1 Å². The SMILES string of the molecule is CC(O)(CNc1ccc([N+](=O)[O-])cc1Cl)c1ccco1. The zero-order valence-electron chi connectivity index (χ0n) is 10.7. The van der Waals surface area contributed by atoms with Crippen LogP contribution in [0.5, 0.6) is 0 Å². The maximum atomic E-state index is 10.6. The molecule has 0 radical (unpaired) electrons. The fourth-order valence-corrected chi connectivity index (χ4v) is 1.94. The van der Waals surface area contributed by atoms with Gasteiger partial charge in [-0.1, -0.05) is 11.6 Å². The van der Waals surface area contributed by atoms with Gasteiger partial charge in [0.05, 0.1) is 28.4 Å². The zero-order chi connectivity index (χ0) is 14.8. The van der Waals surface area contributed by atoms with Gasteiger partial charge in [0, 0.05) is 12.1 Å². The second kappa shape index (κ2) is 5.52. The van der Waals surface area contributed by atoms with E-state index in [1.165, 1.54) is 24.5 Å². The average Bonchev–Trinajstić information content (AvgIpc) is 2.91. The third kappa shape index (κ3) is 3.09. The van der Waals surface area contributed by atoms with E-state index in [4.69, 9.17) is 16.0 Å². The van der Waals surface area contributed by atoms with Crippen LogP contribution in [0.4, 0.5) is 11.4 Å². The van der Waals surface area contributed by atoms with E-state index in [1.54, 1.807) is 19.1 Å². The van der Waals surface area contributed by atoms with Crippen molar-refractivity contribution in [1.29, 1.82) is 0 Å². The molecule has 1 unspecified atom stereocenters. The molecule has 0 aliphatic heterocycles. The van der Waals surface area contributed by atoms with Gasteiger partial charge in [0.15, 0.2) is 0 Å². The van der Waals surface area contributed by atoms with Crippen molar-refractivity contribution in [3.8, 4) is 0 Å². The number of nitrogens with one attached hydrogen (secondary N) is 1. The van der Waals surface area contributed by atoms with E-state index in [-0.39, 0.29) is 17.3 Å². The Kier molecular flexibility index (Phi) is 3.96. The largest absolute Gasteiger partial charge is 0.466 e. The van der Waals surface area contributed by atoms with E-state index in [2.05, 4.69) is 5.32 Å². The van der Waals surface area contributed by atoms with Gasteiger partial charge < -0.3 is 14.8 Å². The van der Waals surface area contributed by atoms with Gasteiger partial charge in [-0.15, -0.1) is 0 Å². The van der Waals surface area contributed by atoms with Gasteiger partial charge in [0.2, 0.25) is 0 Å². The van der Waals surface area contributed by atoms with E-state index >= 15 is 0 Å². The number of aliphatic hydroxyl groups is 1. The van der Waals surface area contributed by atoms with Gasteiger partial charge in [-0.05, 0) is 25.1 Å². The van der Waals surface area contributed by atoms with Crippen molar-refractivity contribution in [3.63, 3.8) is 0 Å². The van der Waals surface area contributed by atoms with Crippen LogP contribution in [0.15, 0.2) is 41.0 Å². The average molecular weight is 297 g/mol. The highest BCUT2D eigenvalue weighted by Crippen LogP contribution is 2.28. The van der Waals surface area contributed by atoms with E-state index in [0.717, 1.165) is 0 Å². The maximum absolute atomic E-state index is 10.6. The fraction of sp³-hybridized carbons (Fsp3) is 0.231. The number of nitro groups is 1. The Morgan fingerprint density at radius 3 is 2.80 bits per heavy atom. The number of nitrogens with zero attached hydrogens (tertiary/aromatic N) is 1. The van der Waals surface area contributed by atoms with Crippen molar-refractivity contribution >= 4 is 23.0 Å². The van der Waals surface area contributed by atoms with Crippen LogP contribution in [0.25, 0.3) is 0 Å². The molecular formula is C13H13ClN2O4. The Morgan fingerprint density at radius 1 is 1.50 bits per heavy atom. The predicted octanol–water partition coefficient (Wildman–Crippen LogP) is 3.16. The first-order chi connectivity index (χ1) is 9.40. The summed E-state index contributed by atoms with van der Waals surface area (Å²) in [7, 11) is 0. The molecular weight excluding hydrogens is 284 g/mol. The number of benzene rings is 1. The third-order valence-corrected chi connectivity index (χ3v) is 3.15. The second-order valence-corrected chi connectivity index (χ2v) is 4.93. The van der Waals surface area contributed by atoms with Crippen LogP contribution < -0.4 is 5.32 Å². The molecule has 0 amide bonds. The highest BCUT2D eigenvalue weighted by Gasteiger charge is 2.26. The summed E-state index contributed by atoms with van der Waals surface area (Å²) in [5.74, 6) is 0.419. The minimum absolute atomic E-state index is 0.0849. The summed E-state index contributed by atoms with van der Waals surface area (Å²) in [4.78, 5) is 10.1. The first kappa shape index (κ1) is 14.4. The van der Waals surface area contributed by atoms with Crippen molar-refractivity contribution in [3.05, 3.63) is 57.5 Å². The molecule has 6 nitrogen and oxygen atoms in total. The number of furan rings is 1. The van der Waals surface area contributed by atoms with Gasteiger partial charge in [0.1, 0.15) is 11.4 Å². The van der Waals surface area contributed by atoms with Crippen LogP contribution in [-0.2, 0) is 5.60 Å². The summed E-state index contributed by atoms with van der Waals surface area (Å²) in [6, 6.07) is 7.45. The lowest BCUT2D eigenvalue weighted by atomic mass is 10.0. The molecule has 0 aliphatic carbocycles. The summed E-state index contributed by atoms with van der Waals surface area (Å²) in [5.41, 5.74) is -0.795. The third-order valence-electron chi connectivity index (χ3n) is 2.84. The highest BCUT2D eigenvalue weighted by molar-refractivity contribution is 6.33. The number of nitro benzene ring substituents is 1. The Hall–Kier alpha value is -2.05. The number of halogens is 1. The van der Waals surface area contributed by atoms with Crippen LogP contribution in [0.2, 0.25) is 5.02 Å². The van der Waals surface area contributed by atoms with Crippen molar-refractivity contribution in [1.82, 2.24) is 0 Å². The van der Waals surface area contributed by atoms with Crippen LogP contribution in [0.3, 0.4) is 0 Å². The van der Waals surface area contributed by atoms with Gasteiger partial charge >= 0.3 is 0 Å². The lowest BCUT2D eigenvalue weighted by molar-refractivity contribution is -0.384. The Bertz CT molecular complexity index is 611. The molecule has 7 heteroatoms. The van der Waals surface area contributed by atoms with E-state index in [0.29, 0.717) is 11.4 Å². The molecule has 20 heavy (non-hydrogen) atoms. The topological polar surface area (TPSA) is 88.5 Å². The molecule has 2 aromatic rings. The molecule has 1 atom stereocenters. The zero-order valence-corrected chi connectivity index (χ0v) is 11.4. The lowest BCUT2D eigenvalue weighted by Crippen LogP contribution is -2.30. The molecule has 1 aromatic heterocycles. The number of rotatable bonds is 5. The summed E-state index contributed by atoms with van der Waals surface area (Å²) < 4.78 is 5.16. The quantitative estimate of drug-likeness (QED) is 0.653. The number of hydrogen-bond donors (Lipinski definition) is 2. The molecule has 0 aliphatic rings. The smallest absolute Gasteiger partial charge is 0.271 e. The van der Waals surface area contributed by atoms with Crippen molar-refractivity contribution in [2.75, 3.05) is 11.9 Å².